The molecule has 0 saturated heterocycles. The second-order valence-corrected chi connectivity index (χ2v) is 5.57. The first-order valence-electron chi connectivity index (χ1n) is 7.38. The third-order valence-corrected chi connectivity index (χ3v) is 3.48. The first-order chi connectivity index (χ1) is 11.6. The van der Waals surface area contributed by atoms with Crippen LogP contribution in [0.5, 0.6) is 0 Å². The Morgan fingerprint density at radius 2 is 1.62 bits per heavy atom. The highest BCUT2D eigenvalue weighted by Crippen LogP contribution is 2.16. The lowest BCUT2D eigenvalue weighted by Gasteiger charge is -2.08. The summed E-state index contributed by atoms with van der Waals surface area (Å²) in [6.45, 7) is 0. The minimum absolute atomic E-state index is 0.120. The fraction of sp³-hybridized carbons (Fsp3) is 0.167. The number of hydrogen-bond acceptors (Lipinski definition) is 3. The number of anilines is 2. The summed E-state index contributed by atoms with van der Waals surface area (Å²) in [5.74, 6) is -0.505. The van der Waals surface area contributed by atoms with Crippen LogP contribution in [0.3, 0.4) is 0 Å². The van der Waals surface area contributed by atoms with Gasteiger partial charge in [-0.2, -0.15) is 5.26 Å². The van der Waals surface area contributed by atoms with Crippen LogP contribution in [0.25, 0.3) is 0 Å². The number of nitrogens with zero attached hydrogens (tertiary/aromatic N) is 1. The Labute approximate surface area is 145 Å². The maximum absolute atomic E-state index is 12.0. The predicted octanol–water partition coefficient (Wildman–Crippen LogP) is 3.76. The maximum Gasteiger partial charge on any atom is 0.238 e. The Morgan fingerprint density at radius 3 is 2.25 bits per heavy atom. The van der Waals surface area contributed by atoms with Gasteiger partial charge in [0.2, 0.25) is 11.8 Å². The number of hydrogen-bond donors (Lipinski definition) is 2. The van der Waals surface area contributed by atoms with E-state index in [9.17, 15) is 9.59 Å². The monoisotopic (exact) mass is 341 g/mol. The van der Waals surface area contributed by atoms with Gasteiger partial charge in [0.15, 0.2) is 0 Å². The van der Waals surface area contributed by atoms with E-state index >= 15 is 0 Å². The Bertz CT molecular complexity index is 767. The molecule has 24 heavy (non-hydrogen) atoms. The number of halogens is 1. The SMILES string of the molecule is N#CCC(=O)Nc1cccc(NC(=O)CCc2ccc(Cl)cc2)c1. The number of benzene rings is 2. The van der Waals surface area contributed by atoms with Crippen LogP contribution in [0.2, 0.25) is 5.02 Å². The van der Waals surface area contributed by atoms with Crippen LogP contribution in [0.1, 0.15) is 18.4 Å². The Morgan fingerprint density at radius 1 is 1.00 bits per heavy atom. The molecule has 2 aromatic carbocycles. The average molecular weight is 342 g/mol. The second-order valence-electron chi connectivity index (χ2n) is 5.14. The highest BCUT2D eigenvalue weighted by Gasteiger charge is 2.06. The molecule has 2 N–H and O–H groups in total. The van der Waals surface area contributed by atoms with Gasteiger partial charge in [0.05, 0.1) is 6.07 Å². The van der Waals surface area contributed by atoms with Crippen molar-refractivity contribution in [3.8, 4) is 6.07 Å². The van der Waals surface area contributed by atoms with Crippen molar-refractivity contribution in [1.29, 1.82) is 5.26 Å². The summed E-state index contributed by atoms with van der Waals surface area (Å²) in [6.07, 6.45) is 0.742. The topological polar surface area (TPSA) is 82.0 Å². The summed E-state index contributed by atoms with van der Waals surface area (Å²) in [7, 11) is 0. The van der Waals surface area contributed by atoms with Crippen molar-refractivity contribution >= 4 is 34.8 Å². The van der Waals surface area contributed by atoms with Crippen LogP contribution >= 0.6 is 11.6 Å². The van der Waals surface area contributed by atoms with Crippen molar-refractivity contribution in [2.45, 2.75) is 19.3 Å². The van der Waals surface area contributed by atoms with Crippen molar-refractivity contribution in [1.82, 2.24) is 0 Å². The van der Waals surface area contributed by atoms with Gasteiger partial charge in [0, 0.05) is 22.8 Å². The van der Waals surface area contributed by atoms with E-state index < -0.39 is 0 Å². The standard InChI is InChI=1S/C18H16ClN3O2/c19-14-7-4-13(5-8-14)6-9-17(23)21-15-2-1-3-16(12-15)22-18(24)10-11-20/h1-5,7-8,12H,6,9-10H2,(H,21,23)(H,22,24). The highest BCUT2D eigenvalue weighted by molar-refractivity contribution is 6.30. The maximum atomic E-state index is 12.0. The van der Waals surface area contributed by atoms with Crippen molar-refractivity contribution in [3.63, 3.8) is 0 Å². The van der Waals surface area contributed by atoms with E-state index in [1.165, 1.54) is 0 Å². The van der Waals surface area contributed by atoms with Crippen LogP contribution in [-0.4, -0.2) is 11.8 Å². The molecule has 0 bridgehead atoms. The third kappa shape index (κ3) is 5.75. The normalized spacial score (nSPS) is 9.83. The summed E-state index contributed by atoms with van der Waals surface area (Å²) in [5, 5.41) is 14.5. The molecule has 2 rings (SSSR count). The Kier molecular flexibility index (Phi) is 6.35. The molecule has 0 aliphatic carbocycles. The molecule has 0 saturated carbocycles. The molecule has 122 valence electrons. The van der Waals surface area contributed by atoms with Crippen LogP contribution in [0, 0.1) is 11.3 Å². The molecule has 5 nitrogen and oxygen atoms in total. The zero-order chi connectivity index (χ0) is 17.4. The summed E-state index contributed by atoms with van der Waals surface area (Å²) < 4.78 is 0. The van der Waals surface area contributed by atoms with E-state index in [1.807, 2.05) is 12.1 Å². The number of aryl methyl sites for hydroxylation is 1. The van der Waals surface area contributed by atoms with Gasteiger partial charge in [-0.3, -0.25) is 9.59 Å². The average Bonchev–Trinajstić information content (AvgIpc) is 2.55. The number of carbonyl (C=O) groups excluding carboxylic acids is 2. The summed E-state index contributed by atoms with van der Waals surface area (Å²) in [6, 6.07) is 15.9. The molecule has 0 atom stereocenters. The first kappa shape index (κ1) is 17.5. The molecular formula is C18H16ClN3O2. The Hall–Kier alpha value is -2.84. The molecule has 0 aliphatic rings. The molecule has 0 fully saturated rings. The van der Waals surface area contributed by atoms with E-state index in [0.29, 0.717) is 29.2 Å². The predicted molar refractivity (Wildman–Crippen MR) is 93.7 cm³/mol. The van der Waals surface area contributed by atoms with Gasteiger partial charge in [0.25, 0.3) is 0 Å². The summed E-state index contributed by atoms with van der Waals surface area (Å²) in [5.41, 5.74) is 2.16. The van der Waals surface area contributed by atoms with Crippen LogP contribution in [-0.2, 0) is 16.0 Å². The highest BCUT2D eigenvalue weighted by atomic mass is 35.5. The van der Waals surface area contributed by atoms with Gasteiger partial charge < -0.3 is 10.6 Å². The van der Waals surface area contributed by atoms with E-state index in [0.717, 1.165) is 5.56 Å². The second kappa shape index (κ2) is 8.70. The summed E-state index contributed by atoms with van der Waals surface area (Å²) in [4.78, 5) is 23.4. The molecule has 0 heterocycles. The lowest BCUT2D eigenvalue weighted by Crippen LogP contribution is -2.13. The van der Waals surface area contributed by atoms with Crippen molar-refractivity contribution < 1.29 is 9.59 Å². The van der Waals surface area contributed by atoms with Crippen LogP contribution in [0.15, 0.2) is 48.5 Å². The fourth-order valence-electron chi connectivity index (χ4n) is 2.08. The quantitative estimate of drug-likeness (QED) is 0.839. The van der Waals surface area contributed by atoms with Crippen molar-refractivity contribution in [2.24, 2.45) is 0 Å². The third-order valence-electron chi connectivity index (χ3n) is 3.22. The van der Waals surface area contributed by atoms with E-state index in [-0.39, 0.29) is 18.2 Å². The molecule has 0 unspecified atom stereocenters. The van der Waals surface area contributed by atoms with Crippen molar-refractivity contribution in [2.75, 3.05) is 10.6 Å². The summed E-state index contributed by atoms with van der Waals surface area (Å²) >= 11 is 5.83. The fourth-order valence-corrected chi connectivity index (χ4v) is 2.21. The van der Waals surface area contributed by atoms with Gasteiger partial charge in [-0.1, -0.05) is 29.8 Å². The minimum Gasteiger partial charge on any atom is -0.326 e. The van der Waals surface area contributed by atoms with Gasteiger partial charge in [-0.05, 0) is 42.3 Å². The molecular weight excluding hydrogens is 326 g/mol. The Balaban J connectivity index is 1.88. The van der Waals surface area contributed by atoms with Gasteiger partial charge in [-0.15, -0.1) is 0 Å². The molecule has 0 radical (unpaired) electrons. The number of nitrogens with one attached hydrogen (secondary N) is 2. The minimum atomic E-state index is -0.385. The molecule has 2 aromatic rings. The van der Waals surface area contributed by atoms with Crippen LogP contribution in [0.4, 0.5) is 11.4 Å². The first-order valence-corrected chi connectivity index (χ1v) is 7.76. The van der Waals surface area contributed by atoms with E-state index in [1.54, 1.807) is 42.5 Å². The molecule has 0 aliphatic heterocycles. The zero-order valence-corrected chi connectivity index (χ0v) is 13.6. The van der Waals surface area contributed by atoms with Gasteiger partial charge in [0.1, 0.15) is 6.42 Å². The molecule has 2 amide bonds. The number of carbonyl (C=O) groups is 2. The number of rotatable bonds is 6. The number of amides is 2. The zero-order valence-electron chi connectivity index (χ0n) is 12.9. The lowest BCUT2D eigenvalue weighted by molar-refractivity contribution is -0.116. The van der Waals surface area contributed by atoms with Gasteiger partial charge in [-0.25, -0.2) is 0 Å². The molecule has 0 spiro atoms. The lowest BCUT2D eigenvalue weighted by atomic mass is 10.1. The van der Waals surface area contributed by atoms with E-state index in [4.69, 9.17) is 16.9 Å². The molecule has 6 heteroatoms. The smallest absolute Gasteiger partial charge is 0.238 e. The number of nitriles is 1. The van der Waals surface area contributed by atoms with Gasteiger partial charge >= 0.3 is 0 Å². The van der Waals surface area contributed by atoms with E-state index in [2.05, 4.69) is 10.6 Å². The van der Waals surface area contributed by atoms with Crippen molar-refractivity contribution in [3.05, 3.63) is 59.1 Å². The largest absolute Gasteiger partial charge is 0.326 e. The van der Waals surface area contributed by atoms with Crippen LogP contribution < -0.4 is 10.6 Å². The molecule has 0 aromatic heterocycles.